The fourth-order valence-corrected chi connectivity index (χ4v) is 2.87. The third-order valence-corrected chi connectivity index (χ3v) is 4.14. The summed E-state index contributed by atoms with van der Waals surface area (Å²) in [5, 5.41) is 4.31. The molecule has 1 N–H and O–H groups in total. The Balaban J connectivity index is 2.15. The number of carbonyl (C=O) groups is 1. The first-order chi connectivity index (χ1) is 12.5. The van der Waals surface area contributed by atoms with Crippen LogP contribution in [0.1, 0.15) is 28.5 Å². The van der Waals surface area contributed by atoms with Crippen LogP contribution in [0.25, 0.3) is 10.9 Å². The Labute approximate surface area is 153 Å². The highest BCUT2D eigenvalue weighted by atomic mass is 16.5. The van der Waals surface area contributed by atoms with E-state index in [9.17, 15) is 4.79 Å². The zero-order chi connectivity index (χ0) is 18.7. The van der Waals surface area contributed by atoms with E-state index in [1.165, 1.54) is 12.7 Å². The van der Waals surface area contributed by atoms with Crippen LogP contribution < -0.4 is 10.1 Å². The predicted octanol–water partition coefficient (Wildman–Crippen LogP) is 4.78. The molecule has 0 saturated carbocycles. The van der Waals surface area contributed by atoms with Crippen LogP contribution in [0.2, 0.25) is 0 Å². The van der Waals surface area contributed by atoms with Crippen LogP contribution in [0.5, 0.6) is 5.75 Å². The average Bonchev–Trinajstić information content (AvgIpc) is 2.63. The van der Waals surface area contributed by atoms with E-state index in [0.29, 0.717) is 12.1 Å². The minimum Gasteiger partial charge on any atom is -0.494 e. The smallest absolute Gasteiger partial charge is 0.356 e. The van der Waals surface area contributed by atoms with Crippen molar-refractivity contribution in [2.45, 2.75) is 20.8 Å². The molecule has 3 rings (SSSR count). The van der Waals surface area contributed by atoms with Gasteiger partial charge in [0.05, 0.1) is 24.9 Å². The minimum absolute atomic E-state index is 0.261. The van der Waals surface area contributed by atoms with Crippen LogP contribution in [0.4, 0.5) is 11.4 Å². The average molecular weight is 350 g/mol. The van der Waals surface area contributed by atoms with Crippen molar-refractivity contribution < 1.29 is 14.3 Å². The largest absolute Gasteiger partial charge is 0.494 e. The number of aryl methyl sites for hydroxylation is 2. The molecule has 1 heterocycles. The second-order valence-electron chi connectivity index (χ2n) is 6.10. The van der Waals surface area contributed by atoms with E-state index < -0.39 is 5.97 Å². The second kappa shape index (κ2) is 7.44. The summed E-state index contributed by atoms with van der Waals surface area (Å²) in [7, 11) is 1.35. The molecule has 134 valence electrons. The molecule has 5 nitrogen and oxygen atoms in total. The number of carbonyl (C=O) groups excluding carboxylic acids is 1. The molecule has 5 heteroatoms. The molecule has 0 aliphatic heterocycles. The Morgan fingerprint density at radius 1 is 1.08 bits per heavy atom. The van der Waals surface area contributed by atoms with Crippen molar-refractivity contribution in [1.29, 1.82) is 0 Å². The fourth-order valence-electron chi connectivity index (χ4n) is 2.87. The first kappa shape index (κ1) is 17.7. The van der Waals surface area contributed by atoms with Gasteiger partial charge in [-0.2, -0.15) is 0 Å². The standard InChI is InChI=1S/C21H22N2O3/c1-5-26-15-7-9-18-16(11-15)19(12-20(23-18)21(24)25-4)22-17-8-6-13(2)10-14(17)3/h6-12H,5H2,1-4H3,(H,22,23). The van der Waals surface area contributed by atoms with Gasteiger partial charge in [-0.15, -0.1) is 0 Å². The van der Waals surface area contributed by atoms with Crippen LogP contribution in [0, 0.1) is 13.8 Å². The van der Waals surface area contributed by atoms with Gasteiger partial charge >= 0.3 is 5.97 Å². The molecule has 0 amide bonds. The van der Waals surface area contributed by atoms with Gasteiger partial charge in [0.2, 0.25) is 0 Å². The summed E-state index contributed by atoms with van der Waals surface area (Å²) in [5.74, 6) is 0.292. The molecule has 0 aliphatic rings. The number of hydrogen-bond acceptors (Lipinski definition) is 5. The zero-order valence-electron chi connectivity index (χ0n) is 15.4. The van der Waals surface area contributed by atoms with Gasteiger partial charge in [-0.3, -0.25) is 0 Å². The topological polar surface area (TPSA) is 60.5 Å². The summed E-state index contributed by atoms with van der Waals surface area (Å²) < 4.78 is 10.4. The molecule has 0 fully saturated rings. The number of pyridine rings is 1. The van der Waals surface area contributed by atoms with Crippen molar-refractivity contribution in [1.82, 2.24) is 4.98 Å². The van der Waals surface area contributed by atoms with Gasteiger partial charge in [0, 0.05) is 11.1 Å². The predicted molar refractivity (Wildman–Crippen MR) is 103 cm³/mol. The van der Waals surface area contributed by atoms with Crippen molar-refractivity contribution in [3.63, 3.8) is 0 Å². The van der Waals surface area contributed by atoms with Crippen LogP contribution in [-0.2, 0) is 4.74 Å². The number of anilines is 2. The maximum Gasteiger partial charge on any atom is 0.356 e. The number of rotatable bonds is 5. The van der Waals surface area contributed by atoms with E-state index >= 15 is 0 Å². The van der Waals surface area contributed by atoms with Crippen molar-refractivity contribution >= 4 is 28.2 Å². The minimum atomic E-state index is -0.468. The van der Waals surface area contributed by atoms with Crippen molar-refractivity contribution in [2.75, 3.05) is 19.0 Å². The quantitative estimate of drug-likeness (QED) is 0.671. The molecule has 0 aliphatic carbocycles. The van der Waals surface area contributed by atoms with E-state index in [1.54, 1.807) is 6.07 Å². The first-order valence-corrected chi connectivity index (χ1v) is 8.52. The molecule has 0 atom stereocenters. The molecule has 0 radical (unpaired) electrons. The van der Waals surface area contributed by atoms with E-state index in [4.69, 9.17) is 9.47 Å². The molecule has 1 aromatic heterocycles. The van der Waals surface area contributed by atoms with E-state index in [2.05, 4.69) is 23.3 Å². The van der Waals surface area contributed by atoms with Gasteiger partial charge in [0.1, 0.15) is 5.75 Å². The normalized spacial score (nSPS) is 10.6. The lowest BCUT2D eigenvalue weighted by Crippen LogP contribution is -2.06. The first-order valence-electron chi connectivity index (χ1n) is 8.52. The molecule has 0 spiro atoms. The highest BCUT2D eigenvalue weighted by Gasteiger charge is 2.14. The summed E-state index contributed by atoms with van der Waals surface area (Å²) in [6.07, 6.45) is 0. The Morgan fingerprint density at radius 2 is 1.88 bits per heavy atom. The highest BCUT2D eigenvalue weighted by molar-refractivity contribution is 5.99. The van der Waals surface area contributed by atoms with Gasteiger partial charge < -0.3 is 14.8 Å². The Hall–Kier alpha value is -3.08. The molecule has 26 heavy (non-hydrogen) atoms. The lowest BCUT2D eigenvalue weighted by atomic mass is 10.1. The van der Waals surface area contributed by atoms with Crippen LogP contribution in [0.3, 0.4) is 0 Å². The lowest BCUT2D eigenvalue weighted by Gasteiger charge is -2.14. The van der Waals surface area contributed by atoms with Gasteiger partial charge in [0.15, 0.2) is 5.69 Å². The monoisotopic (exact) mass is 350 g/mol. The van der Waals surface area contributed by atoms with E-state index in [-0.39, 0.29) is 5.69 Å². The van der Waals surface area contributed by atoms with Crippen molar-refractivity contribution in [3.8, 4) is 5.75 Å². The highest BCUT2D eigenvalue weighted by Crippen LogP contribution is 2.31. The molecule has 3 aromatic rings. The number of hydrogen-bond donors (Lipinski definition) is 1. The number of ether oxygens (including phenoxy) is 2. The molecule has 0 bridgehead atoms. The molecule has 2 aromatic carbocycles. The molecule has 0 saturated heterocycles. The third-order valence-electron chi connectivity index (χ3n) is 4.14. The van der Waals surface area contributed by atoms with Gasteiger partial charge in [0.25, 0.3) is 0 Å². The van der Waals surface area contributed by atoms with Crippen LogP contribution in [-0.4, -0.2) is 24.7 Å². The van der Waals surface area contributed by atoms with Gasteiger partial charge in [-0.05, 0) is 56.7 Å². The lowest BCUT2D eigenvalue weighted by molar-refractivity contribution is 0.0594. The second-order valence-corrected chi connectivity index (χ2v) is 6.10. The summed E-state index contributed by atoms with van der Waals surface area (Å²) >= 11 is 0. The van der Waals surface area contributed by atoms with Crippen LogP contribution >= 0.6 is 0 Å². The third kappa shape index (κ3) is 3.61. The number of nitrogens with one attached hydrogen (secondary N) is 1. The van der Waals surface area contributed by atoms with Crippen LogP contribution in [0.15, 0.2) is 42.5 Å². The maximum atomic E-state index is 12.0. The van der Waals surface area contributed by atoms with Crippen molar-refractivity contribution in [2.24, 2.45) is 0 Å². The number of esters is 1. The summed E-state index contributed by atoms with van der Waals surface area (Å²) in [6, 6.07) is 13.5. The number of fused-ring (bicyclic) bond motifs is 1. The number of aromatic nitrogens is 1. The number of benzene rings is 2. The number of methoxy groups -OCH3 is 1. The summed E-state index contributed by atoms with van der Waals surface area (Å²) in [4.78, 5) is 16.4. The van der Waals surface area contributed by atoms with Crippen molar-refractivity contribution in [3.05, 3.63) is 59.3 Å². The van der Waals surface area contributed by atoms with Gasteiger partial charge in [-0.1, -0.05) is 17.7 Å². The number of nitrogens with zero attached hydrogens (tertiary/aromatic N) is 1. The molecule has 0 unspecified atom stereocenters. The summed E-state index contributed by atoms with van der Waals surface area (Å²) in [5.41, 5.74) is 5.03. The SMILES string of the molecule is CCOc1ccc2nc(C(=O)OC)cc(Nc3ccc(C)cc3C)c2c1. The fraction of sp³-hybridized carbons (Fsp3) is 0.238. The van der Waals surface area contributed by atoms with Gasteiger partial charge in [-0.25, -0.2) is 9.78 Å². The zero-order valence-corrected chi connectivity index (χ0v) is 15.4. The Bertz CT molecular complexity index is 967. The summed E-state index contributed by atoms with van der Waals surface area (Å²) in [6.45, 7) is 6.63. The Kier molecular flexibility index (Phi) is 5.07. The Morgan fingerprint density at radius 3 is 2.58 bits per heavy atom. The molecular weight excluding hydrogens is 328 g/mol. The van der Waals surface area contributed by atoms with E-state index in [0.717, 1.165) is 28.1 Å². The van der Waals surface area contributed by atoms with E-state index in [1.807, 2.05) is 44.2 Å². The maximum absolute atomic E-state index is 12.0. The molecular formula is C21H22N2O3.